The van der Waals surface area contributed by atoms with Crippen LogP contribution in [0.5, 0.6) is 11.6 Å². The van der Waals surface area contributed by atoms with Crippen molar-refractivity contribution in [1.82, 2.24) is 24.9 Å². The van der Waals surface area contributed by atoms with Gasteiger partial charge in [-0.25, -0.2) is 22.8 Å². The Labute approximate surface area is 374 Å². The zero-order valence-electron chi connectivity index (χ0n) is 33.2. The highest BCUT2D eigenvalue weighted by Crippen LogP contribution is 2.46. The molecule has 2 saturated carbocycles. The van der Waals surface area contributed by atoms with E-state index in [-0.39, 0.29) is 60.7 Å². The smallest absolute Gasteiger partial charge is 0.259 e. The molecule has 4 aromatic rings. The minimum Gasteiger partial charge on any atom is -0.494 e. The first-order chi connectivity index (χ1) is 27.3. The number of carbonyl (C=O) groups is 3. The van der Waals surface area contributed by atoms with Crippen molar-refractivity contribution in [2.45, 2.75) is 82.4 Å². The number of carbonyl (C=O) groups excluding carboxylic acids is 3. The van der Waals surface area contributed by atoms with Crippen molar-refractivity contribution < 1.29 is 36.7 Å². The summed E-state index contributed by atoms with van der Waals surface area (Å²) in [5.41, 5.74) is -1.05. The number of hydrogen-bond acceptors (Lipinski definition) is 11. The number of methoxy groups -OCH3 is 1. The molecule has 60 heavy (non-hydrogen) atoms. The molecule has 3 N–H and O–H groups in total. The molecule has 1 saturated heterocycles. The number of likely N-dealkylation sites (tertiary alicyclic amines) is 1. The first-order valence-corrected chi connectivity index (χ1v) is 21.8. The molecule has 1 aliphatic heterocycles. The molecule has 20 heteroatoms. The molecule has 0 spiro atoms. The normalized spacial score (nSPS) is 21.5. The highest BCUT2D eigenvalue weighted by molar-refractivity contribution is 7.91. The highest BCUT2D eigenvalue weighted by atomic mass is 35.5. The van der Waals surface area contributed by atoms with Gasteiger partial charge in [0, 0.05) is 44.1 Å². The molecule has 2 aromatic carbocycles. The number of hydrogen-bond donors (Lipinski definition) is 3. The van der Waals surface area contributed by atoms with Crippen LogP contribution in [0.2, 0.25) is 10.0 Å². The van der Waals surface area contributed by atoms with Gasteiger partial charge in [-0.1, -0.05) is 50.0 Å². The Morgan fingerprint density at radius 3 is 2.48 bits per heavy atom. The van der Waals surface area contributed by atoms with Crippen LogP contribution in [0.3, 0.4) is 0 Å². The van der Waals surface area contributed by atoms with E-state index in [1.165, 1.54) is 41.7 Å². The minimum atomic E-state index is -3.92. The number of sulfonamides is 1. The summed E-state index contributed by atoms with van der Waals surface area (Å²) in [6.07, 6.45) is 3.26. The number of aromatic nitrogens is 2. The van der Waals surface area contributed by atoms with Gasteiger partial charge in [-0.2, -0.15) is 0 Å². The lowest BCUT2D eigenvalue weighted by atomic mass is 9.85. The predicted molar refractivity (Wildman–Crippen MR) is 236 cm³/mol. The SMILES string of the molecule is C=C[C@@H]1C[C@]1(NC(=O)[C@@H]1C[C@@H](Oc2ncc(OC)c3ccc(Cl)cc23)CN1C(=O)[C@@H](Nc1nc(-c2cc(C)c(Cl)cc2F)cs1)C(C)(C)C)C(=O)NS(=O)(=O)C1CC1.Cl.Cl. The second kappa shape index (κ2) is 17.8. The van der Waals surface area contributed by atoms with Gasteiger partial charge in [0.1, 0.15) is 35.3 Å². The van der Waals surface area contributed by atoms with Gasteiger partial charge in [-0.3, -0.25) is 19.1 Å². The maximum Gasteiger partial charge on any atom is 0.259 e. The monoisotopic (exact) mass is 944 g/mol. The Hall–Kier alpha value is -3.93. The van der Waals surface area contributed by atoms with Crippen molar-refractivity contribution >= 4 is 103 Å². The number of nitrogens with zero attached hydrogens (tertiary/aromatic N) is 3. The molecular weight excluding hydrogens is 901 g/mol. The fraction of sp³-hybridized carbons (Fsp3) is 0.425. The molecule has 3 fully saturated rings. The van der Waals surface area contributed by atoms with Gasteiger partial charge in [0.15, 0.2) is 5.13 Å². The number of rotatable bonds is 13. The Morgan fingerprint density at radius 1 is 1.13 bits per heavy atom. The molecule has 7 rings (SSSR count). The topological polar surface area (TPSA) is 169 Å². The number of nitrogens with one attached hydrogen (secondary N) is 3. The third-order valence-electron chi connectivity index (χ3n) is 10.8. The number of halogens is 5. The molecule has 3 amide bonds. The van der Waals surface area contributed by atoms with E-state index in [0.717, 1.165) is 0 Å². The summed E-state index contributed by atoms with van der Waals surface area (Å²) in [4.78, 5) is 53.4. The van der Waals surface area contributed by atoms with E-state index >= 15 is 0 Å². The minimum absolute atomic E-state index is 0. The van der Waals surface area contributed by atoms with Gasteiger partial charge in [-0.15, -0.1) is 42.7 Å². The highest BCUT2D eigenvalue weighted by Gasteiger charge is 2.62. The first-order valence-electron chi connectivity index (χ1n) is 18.6. The van der Waals surface area contributed by atoms with Crippen LogP contribution < -0.4 is 24.8 Å². The number of thiazole rings is 1. The summed E-state index contributed by atoms with van der Waals surface area (Å²) in [5.74, 6) is -2.38. The molecular formula is C40H45Cl4FN6O7S2. The number of ether oxygens (including phenoxy) is 2. The van der Waals surface area contributed by atoms with Gasteiger partial charge in [0.05, 0.1) is 30.8 Å². The van der Waals surface area contributed by atoms with Crippen LogP contribution in [0.15, 0.2) is 54.6 Å². The largest absolute Gasteiger partial charge is 0.494 e. The fourth-order valence-corrected chi connectivity index (χ4v) is 9.65. The average Bonchev–Trinajstić information content (AvgIpc) is 4.05. The van der Waals surface area contributed by atoms with Crippen molar-refractivity contribution in [2.75, 3.05) is 19.0 Å². The molecule has 0 unspecified atom stereocenters. The second-order valence-electron chi connectivity index (χ2n) is 16.0. The third kappa shape index (κ3) is 9.43. The van der Waals surface area contributed by atoms with Crippen LogP contribution in [0, 0.1) is 24.1 Å². The Kier molecular flexibility index (Phi) is 14.0. The zero-order chi connectivity index (χ0) is 41.9. The Bertz CT molecular complexity index is 2450. The van der Waals surface area contributed by atoms with Crippen LogP contribution in [0.1, 0.15) is 52.0 Å². The third-order valence-corrected chi connectivity index (χ3v) is 14.0. The van der Waals surface area contributed by atoms with E-state index in [2.05, 4.69) is 31.9 Å². The summed E-state index contributed by atoms with van der Waals surface area (Å²) in [7, 11) is -2.41. The quantitative estimate of drug-likeness (QED) is 0.114. The fourth-order valence-electron chi connectivity index (χ4n) is 7.23. The zero-order valence-corrected chi connectivity index (χ0v) is 38.0. The summed E-state index contributed by atoms with van der Waals surface area (Å²) in [6.45, 7) is 11.1. The van der Waals surface area contributed by atoms with Gasteiger partial charge < -0.3 is 25.0 Å². The van der Waals surface area contributed by atoms with Gasteiger partial charge in [0.25, 0.3) is 5.91 Å². The van der Waals surface area contributed by atoms with Crippen molar-refractivity contribution in [1.29, 1.82) is 0 Å². The van der Waals surface area contributed by atoms with Gasteiger partial charge in [0.2, 0.25) is 27.7 Å². The van der Waals surface area contributed by atoms with Crippen LogP contribution in [-0.4, -0.2) is 83.6 Å². The Balaban J connectivity index is 0.00000341. The van der Waals surface area contributed by atoms with Crippen LogP contribution in [0.25, 0.3) is 22.0 Å². The number of fused-ring (bicyclic) bond motifs is 1. The van der Waals surface area contributed by atoms with Crippen molar-refractivity contribution in [3.05, 3.63) is 76.0 Å². The molecule has 13 nitrogen and oxygen atoms in total. The van der Waals surface area contributed by atoms with E-state index < -0.39 is 73.9 Å². The number of benzene rings is 2. The van der Waals surface area contributed by atoms with Gasteiger partial charge in [-0.05, 0) is 67.5 Å². The summed E-state index contributed by atoms with van der Waals surface area (Å²) >= 11 is 13.7. The molecule has 5 atom stereocenters. The summed E-state index contributed by atoms with van der Waals surface area (Å²) in [6, 6.07) is 5.89. The molecule has 2 aromatic heterocycles. The predicted octanol–water partition coefficient (Wildman–Crippen LogP) is 7.51. The second-order valence-corrected chi connectivity index (χ2v) is 19.7. The molecule has 3 aliphatic rings. The van der Waals surface area contributed by atoms with Crippen LogP contribution in [-0.2, 0) is 24.4 Å². The molecule has 0 bridgehead atoms. The standard InChI is InChI=1S/C40H43Cl2FN6O7S2.2ClH/c1-7-21-16-40(21,37(52)48-58(53,54)24-9-10-24)47-34(50)31-14-23(56-35-26-13-22(41)8-11-25(26)32(55-6)17-44-35)18-49(31)36(51)33(39(3,4)5)46-38-45-30(19-57-38)27-12-20(2)28(42)15-29(27)43;;/h7-8,11-13,15,17,19,21,23-24,31,33H,1,9-10,14,16,18H2,2-6H3,(H,45,46)(H,47,50)(H,48,52);2*1H/t21-,23-,31+,33-,40-;;/m1../s1. The van der Waals surface area contributed by atoms with E-state index in [4.69, 9.17) is 32.7 Å². The lowest BCUT2D eigenvalue weighted by molar-refractivity contribution is -0.141. The van der Waals surface area contributed by atoms with Gasteiger partial charge >= 0.3 is 0 Å². The maximum absolute atomic E-state index is 15.0. The number of anilines is 1. The number of aryl methyl sites for hydroxylation is 1. The maximum atomic E-state index is 15.0. The number of pyridine rings is 1. The van der Waals surface area contributed by atoms with E-state index in [9.17, 15) is 27.2 Å². The van der Waals surface area contributed by atoms with Crippen LogP contribution in [0.4, 0.5) is 9.52 Å². The molecule has 2 aliphatic carbocycles. The number of amides is 3. The average molecular weight is 947 g/mol. The van der Waals surface area contributed by atoms with Crippen LogP contribution >= 0.6 is 59.4 Å². The molecule has 0 radical (unpaired) electrons. The summed E-state index contributed by atoms with van der Waals surface area (Å²) < 4.78 is 54.6. The Morgan fingerprint density at radius 2 is 1.85 bits per heavy atom. The van der Waals surface area contributed by atoms with E-state index in [1.54, 1.807) is 36.6 Å². The van der Waals surface area contributed by atoms with E-state index in [0.29, 0.717) is 50.8 Å². The first kappa shape index (κ1) is 47.1. The molecule has 324 valence electrons. The van der Waals surface area contributed by atoms with Crippen molar-refractivity contribution in [2.24, 2.45) is 11.3 Å². The van der Waals surface area contributed by atoms with Crippen molar-refractivity contribution in [3.63, 3.8) is 0 Å². The lowest BCUT2D eigenvalue weighted by Crippen LogP contribution is -2.58. The summed E-state index contributed by atoms with van der Waals surface area (Å²) in [5, 5.41) is 9.37. The lowest BCUT2D eigenvalue weighted by Gasteiger charge is -2.35. The van der Waals surface area contributed by atoms with Crippen molar-refractivity contribution in [3.8, 4) is 22.9 Å². The molecule has 3 heterocycles. The van der Waals surface area contributed by atoms with E-state index in [1.807, 2.05) is 20.8 Å².